The van der Waals surface area contributed by atoms with Gasteiger partial charge in [-0.1, -0.05) is 0 Å². The van der Waals surface area contributed by atoms with E-state index in [9.17, 15) is 0 Å². The summed E-state index contributed by atoms with van der Waals surface area (Å²) in [6.07, 6.45) is 0. The van der Waals surface area contributed by atoms with Crippen molar-refractivity contribution < 1.29 is 19.2 Å². The van der Waals surface area contributed by atoms with Crippen LogP contribution in [0.1, 0.15) is 0 Å². The molecule has 0 atom stereocenters. The molecule has 0 amide bonds. The van der Waals surface area contributed by atoms with Crippen LogP contribution in [0.4, 0.5) is 0 Å². The second kappa shape index (κ2) is 5.98. The molecule has 0 unspecified atom stereocenters. The first-order valence-corrected chi connectivity index (χ1v) is 4.49. The molecule has 0 saturated heterocycles. The van der Waals surface area contributed by atoms with Crippen molar-refractivity contribution >= 4 is 35.8 Å². The molecule has 0 rings (SSSR count). The summed E-state index contributed by atoms with van der Waals surface area (Å²) in [4.78, 5) is 21.6. The first-order valence-electron chi connectivity index (χ1n) is 1.77. The van der Waals surface area contributed by atoms with Gasteiger partial charge in [0.15, 0.2) is 0 Å². The van der Waals surface area contributed by atoms with Gasteiger partial charge in [0.05, 0.1) is 0 Å². The van der Waals surface area contributed by atoms with Gasteiger partial charge in [-0.25, -0.2) is 4.57 Å². The minimum absolute atomic E-state index is 1.13. The van der Waals surface area contributed by atoms with Crippen LogP contribution in [0.15, 0.2) is 9.90 Å². The fraction of sp³-hybridized carbons (Fsp3) is 0. The Labute approximate surface area is 64.9 Å². The molecule has 0 spiro atoms. The van der Waals surface area contributed by atoms with Crippen LogP contribution in [0.3, 0.4) is 0 Å². The molecule has 0 aromatic rings. The summed E-state index contributed by atoms with van der Waals surface area (Å²) in [6.45, 7) is 3.42. The minimum Gasteiger partial charge on any atom is -0.303 e. The third-order valence-electron chi connectivity index (χ3n) is 0. The normalized spacial score (nSPS) is 9.12. The smallest absolute Gasteiger partial charge is 0.303 e. The van der Waals surface area contributed by atoms with Crippen molar-refractivity contribution in [3.63, 3.8) is 0 Å². The predicted molar refractivity (Wildman–Crippen MR) is 30.2 cm³/mol. The molecule has 0 heterocycles. The summed E-state index contributed by atoms with van der Waals surface area (Å²) in [5, 5.41) is 0. The summed E-state index contributed by atoms with van der Waals surface area (Å²) in [5.41, 5.74) is 0. The second-order valence-corrected chi connectivity index (χ2v) is 2.76. The average Bonchev–Trinajstić information content (AvgIpc) is 1.27. The van der Waals surface area contributed by atoms with Gasteiger partial charge >= 0.3 is 45.7 Å². The van der Waals surface area contributed by atoms with Crippen LogP contribution >= 0.6 is 7.82 Å². The van der Waals surface area contributed by atoms with E-state index in [4.69, 9.17) is 19.2 Å². The van der Waals surface area contributed by atoms with Gasteiger partial charge in [0.1, 0.15) is 0 Å². The molecule has 6 heteroatoms. The van der Waals surface area contributed by atoms with E-state index < -0.39 is 7.82 Å². The number of hydrogen-bond donors (Lipinski definition) is 3. The van der Waals surface area contributed by atoms with E-state index in [1.165, 1.54) is 0 Å². The molecule has 4 nitrogen and oxygen atoms in total. The van der Waals surface area contributed by atoms with Crippen molar-refractivity contribution in [1.29, 1.82) is 0 Å². The Balaban J connectivity index is 0. The maximum atomic E-state index is 8.88. The van der Waals surface area contributed by atoms with Gasteiger partial charge in [-0.05, 0) is 0 Å². The molecule has 0 bridgehead atoms. The molecular formula is C2H6NaO4P. The van der Waals surface area contributed by atoms with Crippen LogP contribution in [-0.2, 0) is 4.57 Å². The Bertz CT molecular complexity index is 87.9. The van der Waals surface area contributed by atoms with Gasteiger partial charge in [0.25, 0.3) is 0 Å². The van der Waals surface area contributed by atoms with Gasteiger partial charge in [-0.2, -0.15) is 0 Å². The van der Waals surface area contributed by atoms with Crippen LogP contribution in [0.2, 0.25) is 0 Å². The van der Waals surface area contributed by atoms with Crippen LogP contribution in [0.5, 0.6) is 0 Å². The molecule has 0 radical (unpaired) electrons. The topological polar surface area (TPSA) is 77.8 Å². The third-order valence-corrected chi connectivity index (χ3v) is 0. The van der Waals surface area contributed by atoms with Crippen LogP contribution in [0.25, 0.3) is 0 Å². The van der Waals surface area contributed by atoms with Crippen molar-refractivity contribution in [3.05, 3.63) is 9.90 Å². The van der Waals surface area contributed by atoms with E-state index in [1.54, 1.807) is 0 Å². The molecule has 3 N–H and O–H groups in total. The molecule has 0 aromatic heterocycles. The van der Waals surface area contributed by atoms with Gasteiger partial charge in [-0.15, -0.1) is 0 Å². The molecule has 44 valence electrons. The minimum atomic E-state index is -4.64. The van der Waals surface area contributed by atoms with Gasteiger partial charge in [0, 0.05) is 0 Å². The summed E-state index contributed by atoms with van der Waals surface area (Å²) in [6, 6.07) is 0. The van der Waals surface area contributed by atoms with Crippen molar-refractivity contribution in [2.24, 2.45) is 0 Å². The van der Waals surface area contributed by atoms with Gasteiger partial charge in [0.2, 0.25) is 0 Å². The van der Waals surface area contributed by atoms with E-state index in [1.807, 2.05) is 3.33 Å². The van der Waals surface area contributed by atoms with Crippen LogP contribution < -0.4 is 0 Å². The fourth-order valence-corrected chi connectivity index (χ4v) is 0. The monoisotopic (exact) mass is 148 g/mol. The molecule has 0 aliphatic rings. The zero-order valence-corrected chi connectivity index (χ0v) is 7.38. The first-order chi connectivity index (χ1) is 3.41. The van der Waals surface area contributed by atoms with Crippen LogP contribution in [0, 0.1) is 0 Å². The van der Waals surface area contributed by atoms with Crippen LogP contribution in [-0.4, -0.2) is 42.6 Å². The van der Waals surface area contributed by atoms with Crippen molar-refractivity contribution in [3.8, 4) is 0 Å². The SMILES string of the molecule is C=[CH][Na].O=P(O)(O)O. The zero-order valence-electron chi connectivity index (χ0n) is 4.48. The van der Waals surface area contributed by atoms with Gasteiger partial charge in [-0.3, -0.25) is 0 Å². The summed E-state index contributed by atoms with van der Waals surface area (Å²) >= 11 is 1.13. The number of rotatable bonds is 0. The van der Waals surface area contributed by atoms with E-state index in [0.29, 0.717) is 0 Å². The summed E-state index contributed by atoms with van der Waals surface area (Å²) < 4.78 is 10.8. The van der Waals surface area contributed by atoms with E-state index in [2.05, 4.69) is 6.58 Å². The molecule has 0 fully saturated rings. The number of hydrogen-bond acceptors (Lipinski definition) is 1. The average molecular weight is 148 g/mol. The largest absolute Gasteiger partial charge is 0.466 e. The Kier molecular flexibility index (Phi) is 8.68. The van der Waals surface area contributed by atoms with Crippen molar-refractivity contribution in [2.75, 3.05) is 0 Å². The number of phosphoric acid groups is 1. The molecule has 0 aliphatic heterocycles. The molecule has 0 saturated carbocycles. The molecule has 0 aromatic carbocycles. The fourth-order valence-electron chi connectivity index (χ4n) is 0. The quantitative estimate of drug-likeness (QED) is 0.315. The summed E-state index contributed by atoms with van der Waals surface area (Å²) in [7, 11) is -4.64. The van der Waals surface area contributed by atoms with Crippen molar-refractivity contribution in [1.82, 2.24) is 0 Å². The van der Waals surface area contributed by atoms with E-state index >= 15 is 0 Å². The maximum absolute atomic E-state index is 8.88. The third kappa shape index (κ3) is 324. The maximum Gasteiger partial charge on any atom is 0.466 e. The van der Waals surface area contributed by atoms with Crippen molar-refractivity contribution in [2.45, 2.75) is 0 Å². The Morgan fingerprint density at radius 1 is 1.50 bits per heavy atom. The first kappa shape index (κ1) is 11.6. The predicted octanol–water partition coefficient (Wildman–Crippen LogP) is -0.630. The molecular weight excluding hydrogens is 142 g/mol. The second-order valence-electron chi connectivity index (χ2n) is 0.922. The zero-order chi connectivity index (χ0) is 7.21. The molecule has 8 heavy (non-hydrogen) atoms. The van der Waals surface area contributed by atoms with E-state index in [0.717, 1.165) is 27.9 Å². The summed E-state index contributed by atoms with van der Waals surface area (Å²) in [5.74, 6) is 0. The van der Waals surface area contributed by atoms with E-state index in [-0.39, 0.29) is 0 Å². The Morgan fingerprint density at radius 3 is 1.50 bits per heavy atom. The Hall–Kier alpha value is 0.850. The molecule has 0 aliphatic carbocycles. The Morgan fingerprint density at radius 2 is 1.50 bits per heavy atom. The standard InChI is InChI=1S/C2H3.Na.H3O4P/c1-2;;1-5(2,3)4/h1H,2H2;;(H3,1,2,3,4). The van der Waals surface area contributed by atoms with Gasteiger partial charge < -0.3 is 14.7 Å².